The van der Waals surface area contributed by atoms with Gasteiger partial charge in [0, 0.05) is 49.4 Å². The number of phenolic OH excluding ortho intramolecular Hbond substituents is 1. The van der Waals surface area contributed by atoms with Gasteiger partial charge >= 0.3 is 0 Å². The quantitative estimate of drug-likeness (QED) is 0.342. The number of carbonyl (C=O) groups is 4. The molecule has 0 saturated carbocycles. The molecule has 2 bridgehead atoms. The van der Waals surface area contributed by atoms with Crippen LogP contribution in [0.1, 0.15) is 48.5 Å². The molecule has 3 aromatic carbocycles. The molecule has 10 nitrogen and oxygen atoms in total. The number of amides is 2. The largest absolute Gasteiger partial charge is 0.507 e. The molecule has 1 aliphatic carbocycles. The summed E-state index contributed by atoms with van der Waals surface area (Å²) in [6, 6.07) is 13.2. The highest BCUT2D eigenvalue weighted by molar-refractivity contribution is 6.30. The molecule has 0 saturated heterocycles. The van der Waals surface area contributed by atoms with Crippen LogP contribution >= 0.6 is 0 Å². The zero-order chi connectivity index (χ0) is 29.1. The van der Waals surface area contributed by atoms with Crippen molar-refractivity contribution in [2.45, 2.75) is 20.4 Å². The van der Waals surface area contributed by atoms with E-state index in [1.807, 2.05) is 30.9 Å². The maximum absolute atomic E-state index is 13.6. The number of phenols is 1. The summed E-state index contributed by atoms with van der Waals surface area (Å²) in [6.07, 6.45) is 0. The van der Waals surface area contributed by atoms with Crippen molar-refractivity contribution in [3.63, 3.8) is 0 Å². The van der Waals surface area contributed by atoms with Crippen LogP contribution in [-0.4, -0.2) is 72.8 Å². The Kier molecular flexibility index (Phi) is 8.02. The minimum atomic E-state index is -0.479. The fourth-order valence-electron chi connectivity index (χ4n) is 5.19. The van der Waals surface area contributed by atoms with Crippen molar-refractivity contribution in [3.05, 3.63) is 87.5 Å². The molecular weight excluding hydrogens is 526 g/mol. The van der Waals surface area contributed by atoms with Gasteiger partial charge in [0.25, 0.3) is 11.8 Å². The second-order valence-corrected chi connectivity index (χ2v) is 10.2. The number of carbonyl (C=O) groups excluding carboxylic acids is 4. The third-order valence-electron chi connectivity index (χ3n) is 7.13. The number of aromatic hydroxyl groups is 1. The predicted molar refractivity (Wildman–Crippen MR) is 150 cm³/mol. The van der Waals surface area contributed by atoms with E-state index in [-0.39, 0.29) is 71.6 Å². The van der Waals surface area contributed by atoms with Crippen molar-refractivity contribution in [2.75, 3.05) is 39.4 Å². The molecule has 212 valence electrons. The first-order valence-electron chi connectivity index (χ1n) is 13.4. The molecule has 41 heavy (non-hydrogen) atoms. The number of benzene rings is 3. The van der Waals surface area contributed by atoms with Crippen molar-refractivity contribution < 1.29 is 33.8 Å². The SMILES string of the molecule is Cc1cc(C)c(O)c(CN2CCNC(=O)COc3cccc4c3C(=O)c3c(cccc3C4=O)OCC(=O)NCC2)c1. The standard InChI is InChI=1S/C31H31N3O7/c1-18-13-19(2)29(37)20(14-18)15-34-11-9-32-25(35)16-40-23-7-3-5-21-27(23)31(39)28-22(30(21)38)6-4-8-24(28)41-17-26(36)33-10-12-34/h3-8,13-14,37H,9-12,15-17H2,1-2H3,(H,32,35)(H,33,36). The van der Waals surface area contributed by atoms with Crippen LogP contribution in [0.4, 0.5) is 0 Å². The van der Waals surface area contributed by atoms with Gasteiger partial charge in [0.1, 0.15) is 17.2 Å². The normalized spacial score (nSPS) is 16.5. The van der Waals surface area contributed by atoms with Gasteiger partial charge in [-0.05, 0) is 31.5 Å². The van der Waals surface area contributed by atoms with E-state index in [2.05, 4.69) is 10.6 Å². The molecule has 0 spiro atoms. The number of nitrogens with zero attached hydrogens (tertiary/aromatic N) is 1. The van der Waals surface area contributed by atoms with E-state index in [1.54, 1.807) is 24.3 Å². The number of hydrogen-bond acceptors (Lipinski definition) is 8. The van der Waals surface area contributed by atoms with Crippen LogP contribution in [0.3, 0.4) is 0 Å². The molecule has 0 unspecified atom stereocenters. The molecule has 1 heterocycles. The van der Waals surface area contributed by atoms with Gasteiger partial charge in [-0.3, -0.25) is 24.1 Å². The number of hydrogen-bond donors (Lipinski definition) is 3. The summed E-state index contributed by atoms with van der Waals surface area (Å²) in [5, 5.41) is 16.2. The Hall–Kier alpha value is -4.70. The first-order chi connectivity index (χ1) is 19.7. The maximum Gasteiger partial charge on any atom is 0.257 e. The van der Waals surface area contributed by atoms with Gasteiger partial charge in [-0.15, -0.1) is 0 Å². The predicted octanol–water partition coefficient (Wildman–Crippen LogP) is 2.29. The lowest BCUT2D eigenvalue weighted by Gasteiger charge is -2.24. The van der Waals surface area contributed by atoms with Crippen LogP contribution in [0.15, 0.2) is 48.5 Å². The van der Waals surface area contributed by atoms with Gasteiger partial charge in [-0.2, -0.15) is 0 Å². The van der Waals surface area contributed by atoms with Crippen LogP contribution in [0, 0.1) is 13.8 Å². The molecule has 1 aliphatic heterocycles. The Morgan fingerprint density at radius 3 is 1.85 bits per heavy atom. The maximum atomic E-state index is 13.6. The molecule has 0 radical (unpaired) electrons. The summed E-state index contributed by atoms with van der Waals surface area (Å²) >= 11 is 0. The summed E-state index contributed by atoms with van der Waals surface area (Å²) in [6.45, 7) is 4.96. The van der Waals surface area contributed by atoms with Gasteiger partial charge < -0.3 is 25.2 Å². The van der Waals surface area contributed by atoms with Gasteiger partial charge in [-0.1, -0.05) is 42.0 Å². The minimum absolute atomic E-state index is 0.0545. The number of ketones is 2. The van der Waals surface area contributed by atoms with Crippen LogP contribution in [0.2, 0.25) is 0 Å². The molecule has 0 fully saturated rings. The fraction of sp³-hybridized carbons (Fsp3) is 0.290. The molecule has 10 heteroatoms. The smallest absolute Gasteiger partial charge is 0.257 e. The summed E-state index contributed by atoms with van der Waals surface area (Å²) < 4.78 is 11.5. The van der Waals surface area contributed by atoms with Crippen molar-refractivity contribution in [1.82, 2.24) is 15.5 Å². The van der Waals surface area contributed by atoms with Crippen LogP contribution in [-0.2, 0) is 16.1 Å². The molecule has 2 aliphatic rings. The van der Waals surface area contributed by atoms with Crippen LogP contribution in [0.5, 0.6) is 17.2 Å². The third-order valence-corrected chi connectivity index (χ3v) is 7.13. The van der Waals surface area contributed by atoms with E-state index in [0.29, 0.717) is 19.6 Å². The highest BCUT2D eigenvalue weighted by Crippen LogP contribution is 2.37. The summed E-state index contributed by atoms with van der Waals surface area (Å²) in [7, 11) is 0. The van der Waals surface area contributed by atoms with Crippen molar-refractivity contribution in [2.24, 2.45) is 0 Å². The average Bonchev–Trinajstić information content (AvgIpc) is 2.95. The Morgan fingerprint density at radius 2 is 1.32 bits per heavy atom. The van der Waals surface area contributed by atoms with Gasteiger partial charge in [0.05, 0.1) is 11.1 Å². The molecule has 2 amide bonds. The monoisotopic (exact) mass is 557 g/mol. The minimum Gasteiger partial charge on any atom is -0.507 e. The zero-order valence-corrected chi connectivity index (χ0v) is 22.9. The Balaban J connectivity index is 1.40. The number of aryl methyl sites for hydroxylation is 2. The number of nitrogens with one attached hydrogen (secondary N) is 2. The van der Waals surface area contributed by atoms with Gasteiger partial charge in [0.15, 0.2) is 19.0 Å². The van der Waals surface area contributed by atoms with E-state index >= 15 is 0 Å². The third kappa shape index (κ3) is 5.92. The molecular formula is C31H31N3O7. The first-order valence-corrected chi connectivity index (χ1v) is 13.4. The van der Waals surface area contributed by atoms with Gasteiger partial charge in [0.2, 0.25) is 5.78 Å². The topological polar surface area (TPSA) is 134 Å². The van der Waals surface area contributed by atoms with Gasteiger partial charge in [-0.25, -0.2) is 0 Å². The van der Waals surface area contributed by atoms with E-state index in [0.717, 1.165) is 16.7 Å². The van der Waals surface area contributed by atoms with Crippen LogP contribution in [0.25, 0.3) is 0 Å². The highest BCUT2D eigenvalue weighted by Gasteiger charge is 2.35. The average molecular weight is 558 g/mol. The lowest BCUT2D eigenvalue weighted by molar-refractivity contribution is -0.123. The first kappa shape index (κ1) is 27.9. The molecule has 0 atom stereocenters. The number of ether oxygens (including phenoxy) is 2. The highest BCUT2D eigenvalue weighted by atomic mass is 16.5. The Morgan fingerprint density at radius 1 is 0.780 bits per heavy atom. The van der Waals surface area contributed by atoms with E-state index < -0.39 is 17.6 Å². The van der Waals surface area contributed by atoms with Crippen molar-refractivity contribution in [1.29, 1.82) is 0 Å². The summed E-state index contributed by atoms with van der Waals surface area (Å²) in [5.74, 6) is -1.20. The van der Waals surface area contributed by atoms with Crippen molar-refractivity contribution >= 4 is 23.4 Å². The molecule has 3 aromatic rings. The number of rotatable bonds is 2. The second kappa shape index (κ2) is 11.8. The second-order valence-electron chi connectivity index (χ2n) is 10.2. The Labute approximate surface area is 237 Å². The molecule has 0 aromatic heterocycles. The van der Waals surface area contributed by atoms with E-state index in [9.17, 15) is 24.3 Å². The molecule has 3 N–H and O–H groups in total. The Bertz CT molecular complexity index is 1470. The van der Waals surface area contributed by atoms with E-state index in [1.165, 1.54) is 12.1 Å². The van der Waals surface area contributed by atoms with Crippen LogP contribution < -0.4 is 20.1 Å². The summed E-state index contributed by atoms with van der Waals surface area (Å²) in [5.41, 5.74) is 3.01. The zero-order valence-electron chi connectivity index (χ0n) is 22.9. The molecule has 5 rings (SSSR count). The lowest BCUT2D eigenvalue weighted by Crippen LogP contribution is -2.41. The van der Waals surface area contributed by atoms with Crippen molar-refractivity contribution in [3.8, 4) is 17.2 Å². The fourth-order valence-corrected chi connectivity index (χ4v) is 5.19. The van der Waals surface area contributed by atoms with E-state index in [4.69, 9.17) is 9.47 Å². The lowest BCUT2D eigenvalue weighted by atomic mass is 9.83. The summed E-state index contributed by atoms with van der Waals surface area (Å²) in [4.78, 5) is 54.2.